The second-order valence-corrected chi connectivity index (χ2v) is 7.50. The maximum atomic E-state index is 12.2. The predicted octanol–water partition coefficient (Wildman–Crippen LogP) is 8.01. The van der Waals surface area contributed by atoms with Gasteiger partial charge in [-0.1, -0.05) is 68.4 Å². The van der Waals surface area contributed by atoms with Gasteiger partial charge in [-0.3, -0.25) is 0 Å². The van der Waals surface area contributed by atoms with Crippen molar-refractivity contribution in [3.63, 3.8) is 0 Å². The van der Waals surface area contributed by atoms with Gasteiger partial charge < -0.3 is 9.47 Å². The molecular weight excluding hydrogens is 403 g/mol. The van der Waals surface area contributed by atoms with Crippen LogP contribution in [0.1, 0.15) is 39.7 Å². The lowest BCUT2D eigenvalue weighted by Crippen LogP contribution is -2.24. The fourth-order valence-corrected chi connectivity index (χ4v) is 3.96. The number of ether oxygens (including phenoxy) is 2. The Morgan fingerprint density at radius 3 is 2.06 bits per heavy atom. The second kappa shape index (κ2) is 13.1. The van der Waals surface area contributed by atoms with Crippen LogP contribution in [0.15, 0.2) is 67.8 Å². The molecule has 0 N–H and O–H groups in total. The van der Waals surface area contributed by atoms with E-state index in [1.165, 1.54) is 32.3 Å². The number of halogens is 1. The summed E-state index contributed by atoms with van der Waals surface area (Å²) in [7, 11) is 0. The monoisotopic (exact) mass is 438 g/mol. The van der Waals surface area contributed by atoms with E-state index in [1.54, 1.807) is 0 Å². The van der Waals surface area contributed by atoms with Crippen LogP contribution < -0.4 is 0 Å². The van der Waals surface area contributed by atoms with E-state index in [2.05, 4.69) is 72.7 Å². The minimum Gasteiger partial charge on any atom is -0.377 e. The van der Waals surface area contributed by atoms with Crippen LogP contribution in [0.25, 0.3) is 32.3 Å². The van der Waals surface area contributed by atoms with Crippen molar-refractivity contribution in [3.05, 3.63) is 73.3 Å². The van der Waals surface area contributed by atoms with E-state index in [1.807, 2.05) is 27.7 Å². The van der Waals surface area contributed by atoms with E-state index in [0.29, 0.717) is 19.6 Å². The average Bonchev–Trinajstić information content (AvgIpc) is 2.83. The average molecular weight is 439 g/mol. The highest BCUT2D eigenvalue weighted by Gasteiger charge is 2.13. The first kappa shape index (κ1) is 25.7. The van der Waals surface area contributed by atoms with Crippen molar-refractivity contribution in [2.45, 2.75) is 52.9 Å². The van der Waals surface area contributed by atoms with Gasteiger partial charge in [0.25, 0.3) is 0 Å². The zero-order chi connectivity index (χ0) is 23.5. The third-order valence-corrected chi connectivity index (χ3v) is 5.17. The summed E-state index contributed by atoms with van der Waals surface area (Å²) in [5, 5.41) is 7.59. The molecule has 0 aliphatic heterocycles. The van der Waals surface area contributed by atoms with Crippen LogP contribution in [0.3, 0.4) is 0 Å². The second-order valence-electron chi connectivity index (χ2n) is 7.50. The number of hydrogen-bond acceptors (Lipinski definition) is 3. The lowest BCUT2D eigenvalue weighted by atomic mass is 9.92. The number of rotatable bonds is 9. The quantitative estimate of drug-likeness (QED) is 0.150. The molecule has 0 aliphatic carbocycles. The first-order valence-electron chi connectivity index (χ1n) is 11.3. The third kappa shape index (κ3) is 6.04. The Balaban J connectivity index is 0.000000860. The Bertz CT molecular complexity index is 1060. The fourth-order valence-electron chi connectivity index (χ4n) is 3.96. The van der Waals surface area contributed by atoms with Gasteiger partial charge in [0.15, 0.2) is 0 Å². The maximum Gasteiger partial charge on any atom is 0.114 e. The van der Waals surface area contributed by atoms with E-state index >= 15 is 0 Å². The molecule has 0 bridgehead atoms. The molecule has 0 saturated heterocycles. The van der Waals surface area contributed by atoms with Crippen LogP contribution in [-0.2, 0) is 21.0 Å². The van der Waals surface area contributed by atoms with Crippen LogP contribution in [0.2, 0.25) is 0 Å². The standard InChI is InChI=1S/C24H25FO3.C2H6.C2H4/c1-16(2)28-21(15-27-25)12-13-26-14-20-9-8-19-7-6-17-4-3-5-18-10-11-22(20)24(19)23(17)18;2*1-2/h3-11,16,21H,12-15H2,1-2H3;1-2H3;1-2H2. The fraction of sp³-hybridized carbons (Fsp3) is 0.357. The number of hydrogen-bond donors (Lipinski definition) is 0. The van der Waals surface area contributed by atoms with Gasteiger partial charge in [0, 0.05) is 6.61 Å². The van der Waals surface area contributed by atoms with E-state index in [-0.39, 0.29) is 18.8 Å². The highest BCUT2D eigenvalue weighted by molar-refractivity contribution is 6.23. The van der Waals surface area contributed by atoms with Gasteiger partial charge in [-0.2, -0.15) is 4.94 Å². The summed E-state index contributed by atoms with van der Waals surface area (Å²) in [5.41, 5.74) is 1.16. The molecule has 0 spiro atoms. The summed E-state index contributed by atoms with van der Waals surface area (Å²) in [4.78, 5) is 3.76. The van der Waals surface area contributed by atoms with Gasteiger partial charge in [-0.05, 0) is 62.7 Å². The van der Waals surface area contributed by atoms with E-state index in [4.69, 9.17) is 9.47 Å². The molecule has 4 heteroatoms. The molecule has 0 radical (unpaired) electrons. The van der Waals surface area contributed by atoms with E-state index in [9.17, 15) is 4.53 Å². The molecule has 0 aliphatic rings. The van der Waals surface area contributed by atoms with Gasteiger partial charge in [-0.25, -0.2) is 0 Å². The first-order chi connectivity index (χ1) is 15.7. The smallest absolute Gasteiger partial charge is 0.114 e. The zero-order valence-electron chi connectivity index (χ0n) is 19.7. The Morgan fingerprint density at radius 1 is 0.844 bits per heavy atom. The largest absolute Gasteiger partial charge is 0.377 e. The van der Waals surface area contributed by atoms with Gasteiger partial charge in [0.05, 0.1) is 18.8 Å². The van der Waals surface area contributed by atoms with Gasteiger partial charge in [0.1, 0.15) is 6.61 Å². The lowest BCUT2D eigenvalue weighted by Gasteiger charge is -2.19. The topological polar surface area (TPSA) is 27.7 Å². The molecule has 0 amide bonds. The van der Waals surface area contributed by atoms with Crippen LogP contribution in [0, 0.1) is 0 Å². The highest BCUT2D eigenvalue weighted by atomic mass is 19.3. The van der Waals surface area contributed by atoms with Crippen molar-refractivity contribution in [3.8, 4) is 0 Å². The number of benzene rings is 4. The molecule has 1 atom stereocenters. The van der Waals surface area contributed by atoms with Crippen LogP contribution in [-0.4, -0.2) is 25.4 Å². The molecule has 4 aromatic carbocycles. The molecule has 0 heterocycles. The normalized spacial score (nSPS) is 11.9. The third-order valence-electron chi connectivity index (χ3n) is 5.17. The van der Waals surface area contributed by atoms with E-state index < -0.39 is 0 Å². The molecule has 4 rings (SSSR count). The van der Waals surface area contributed by atoms with Crippen LogP contribution >= 0.6 is 0 Å². The molecule has 32 heavy (non-hydrogen) atoms. The molecule has 172 valence electrons. The van der Waals surface area contributed by atoms with Crippen molar-refractivity contribution in [2.24, 2.45) is 0 Å². The summed E-state index contributed by atoms with van der Waals surface area (Å²) in [5.74, 6) is 0. The van der Waals surface area contributed by atoms with Crippen molar-refractivity contribution < 1.29 is 18.9 Å². The molecule has 3 nitrogen and oxygen atoms in total. The Kier molecular flexibility index (Phi) is 10.5. The summed E-state index contributed by atoms with van der Waals surface area (Å²) < 4.78 is 23.8. The van der Waals surface area contributed by atoms with Crippen LogP contribution in [0.5, 0.6) is 0 Å². The molecular formula is C28H35FO3. The summed E-state index contributed by atoms with van der Waals surface area (Å²) in [6.45, 7) is 14.8. The summed E-state index contributed by atoms with van der Waals surface area (Å²) in [6.07, 6.45) is 0.317. The van der Waals surface area contributed by atoms with Gasteiger partial charge >= 0.3 is 0 Å². The van der Waals surface area contributed by atoms with Crippen molar-refractivity contribution in [1.29, 1.82) is 0 Å². The van der Waals surface area contributed by atoms with Crippen LogP contribution in [0.4, 0.5) is 4.53 Å². The van der Waals surface area contributed by atoms with Crippen molar-refractivity contribution >= 4 is 32.3 Å². The SMILES string of the molecule is C=C.CC.CC(C)OC(CCOCc1ccc2ccc3cccc4ccc1c2c34)COF. The van der Waals surface area contributed by atoms with Gasteiger partial charge in [0.2, 0.25) is 0 Å². The molecule has 0 saturated carbocycles. The minimum absolute atomic E-state index is 0.0257. The first-order valence-corrected chi connectivity index (χ1v) is 11.3. The Hall–Kier alpha value is -2.53. The highest BCUT2D eigenvalue weighted by Crippen LogP contribution is 2.36. The lowest BCUT2D eigenvalue weighted by molar-refractivity contribution is -0.175. The minimum atomic E-state index is -0.300. The van der Waals surface area contributed by atoms with Crippen molar-refractivity contribution in [2.75, 3.05) is 13.2 Å². The maximum absolute atomic E-state index is 12.2. The summed E-state index contributed by atoms with van der Waals surface area (Å²) in [6, 6.07) is 19.4. The predicted molar refractivity (Wildman–Crippen MR) is 134 cm³/mol. The van der Waals surface area contributed by atoms with Gasteiger partial charge in [-0.15, -0.1) is 13.2 Å². The molecule has 0 fully saturated rings. The molecule has 4 aromatic rings. The molecule has 1 unspecified atom stereocenters. The molecule has 0 aromatic heterocycles. The van der Waals surface area contributed by atoms with Crippen molar-refractivity contribution in [1.82, 2.24) is 0 Å². The van der Waals surface area contributed by atoms with E-state index in [0.717, 1.165) is 5.56 Å². The summed E-state index contributed by atoms with van der Waals surface area (Å²) >= 11 is 0. The Morgan fingerprint density at radius 2 is 1.44 bits per heavy atom. The zero-order valence-corrected chi connectivity index (χ0v) is 19.7. The Labute approximate surface area is 191 Å².